The van der Waals surface area contributed by atoms with Gasteiger partial charge >= 0.3 is 0 Å². The Balaban J connectivity index is 1.66. The average Bonchev–Trinajstić information content (AvgIpc) is 3.44. The first-order chi connectivity index (χ1) is 17.9. The van der Waals surface area contributed by atoms with Crippen LogP contribution >= 0.6 is 11.3 Å². The second-order valence-corrected chi connectivity index (χ2v) is 9.62. The number of nitrogens with one attached hydrogen (secondary N) is 2. The minimum Gasteiger partial charge on any atom is -0.496 e. The van der Waals surface area contributed by atoms with Crippen LogP contribution in [0.5, 0.6) is 11.5 Å². The number of carbonyl (C=O) groups is 1. The lowest BCUT2D eigenvalue weighted by molar-refractivity contribution is -0.114. The number of anilines is 1. The predicted molar refractivity (Wildman–Crippen MR) is 152 cm³/mol. The molecule has 0 fully saturated rings. The molecule has 37 heavy (non-hydrogen) atoms. The summed E-state index contributed by atoms with van der Waals surface area (Å²) >= 11 is 1.59. The van der Waals surface area contributed by atoms with E-state index in [0.29, 0.717) is 37.5 Å². The Bertz CT molecular complexity index is 1290. The molecule has 0 unspecified atom stereocenters. The molecule has 194 valence electrons. The van der Waals surface area contributed by atoms with Crippen molar-refractivity contribution < 1.29 is 14.3 Å². The van der Waals surface area contributed by atoms with Crippen molar-refractivity contribution in [1.29, 1.82) is 0 Å². The Morgan fingerprint density at radius 3 is 2.86 bits per heavy atom. The van der Waals surface area contributed by atoms with Crippen molar-refractivity contribution in [2.24, 2.45) is 15.3 Å². The number of amides is 1. The number of benzene rings is 1. The normalized spacial score (nSPS) is 14.6. The van der Waals surface area contributed by atoms with Gasteiger partial charge in [-0.05, 0) is 43.4 Å². The molecule has 1 aromatic heterocycles. The molecule has 9 nitrogen and oxygen atoms in total. The molecule has 0 atom stereocenters. The van der Waals surface area contributed by atoms with Crippen molar-refractivity contribution in [2.45, 2.75) is 26.7 Å². The van der Waals surface area contributed by atoms with E-state index in [4.69, 9.17) is 14.6 Å². The molecule has 3 heterocycles. The van der Waals surface area contributed by atoms with Crippen molar-refractivity contribution >= 4 is 52.8 Å². The zero-order valence-electron chi connectivity index (χ0n) is 21.6. The van der Waals surface area contributed by atoms with E-state index in [-0.39, 0.29) is 12.5 Å². The minimum absolute atomic E-state index is 0.234. The number of hydrogen-bond donors (Lipinski definition) is 2. The number of ether oxygens (including phenoxy) is 2. The highest BCUT2D eigenvalue weighted by molar-refractivity contribution is 7.08. The number of methoxy groups -OCH3 is 1. The maximum atomic E-state index is 13.4. The molecule has 1 amide bonds. The van der Waals surface area contributed by atoms with Gasteiger partial charge in [0.2, 0.25) is 0 Å². The van der Waals surface area contributed by atoms with Crippen LogP contribution < -0.4 is 25.1 Å². The summed E-state index contributed by atoms with van der Waals surface area (Å²) in [6.45, 7) is 8.75. The van der Waals surface area contributed by atoms with Crippen LogP contribution in [0.25, 0.3) is 11.6 Å². The average molecular weight is 521 g/mol. The topological polar surface area (TPSA) is 99.9 Å². The Morgan fingerprint density at radius 2 is 2.19 bits per heavy atom. The van der Waals surface area contributed by atoms with Gasteiger partial charge in [0.15, 0.2) is 5.71 Å². The number of carbonyl (C=O) groups excluding carboxylic acids is 1. The third-order valence-corrected chi connectivity index (χ3v) is 6.70. The molecule has 0 radical (unpaired) electrons. The lowest BCUT2D eigenvalue weighted by Gasteiger charge is -2.33. The van der Waals surface area contributed by atoms with Gasteiger partial charge in [-0.15, -0.1) is 5.10 Å². The summed E-state index contributed by atoms with van der Waals surface area (Å²) in [6.07, 6.45) is 3.42. The van der Waals surface area contributed by atoms with Gasteiger partial charge in [-0.1, -0.05) is 11.6 Å². The third kappa shape index (κ3) is 5.91. The lowest BCUT2D eigenvalue weighted by atomic mass is 9.90. The highest BCUT2D eigenvalue weighted by Crippen LogP contribution is 2.41. The van der Waals surface area contributed by atoms with E-state index >= 15 is 0 Å². The Hall–Kier alpha value is -3.92. The summed E-state index contributed by atoms with van der Waals surface area (Å²) in [5.74, 6) is 1.97. The molecular formula is C27H32N6O3S. The number of thiophene rings is 1. The number of allylic oxidation sites excluding steroid dienone is 1. The van der Waals surface area contributed by atoms with Gasteiger partial charge in [-0.25, -0.2) is 0 Å². The zero-order valence-corrected chi connectivity index (χ0v) is 22.4. The molecule has 4 rings (SSSR count). The van der Waals surface area contributed by atoms with E-state index in [1.54, 1.807) is 25.5 Å². The molecule has 0 saturated heterocycles. The number of fused-ring (bicyclic) bond motifs is 2. The van der Waals surface area contributed by atoms with E-state index < -0.39 is 0 Å². The second kappa shape index (κ2) is 11.9. The maximum Gasteiger partial charge on any atom is 0.272 e. The Labute approximate surface area is 221 Å². The number of amidine groups is 1. The van der Waals surface area contributed by atoms with Crippen LogP contribution in [0.3, 0.4) is 0 Å². The fourth-order valence-corrected chi connectivity index (χ4v) is 4.92. The van der Waals surface area contributed by atoms with Gasteiger partial charge in [0.1, 0.15) is 23.9 Å². The van der Waals surface area contributed by atoms with Gasteiger partial charge in [-0.2, -0.15) is 21.5 Å². The smallest absolute Gasteiger partial charge is 0.272 e. The van der Waals surface area contributed by atoms with Crippen LogP contribution in [-0.4, -0.2) is 58.0 Å². The molecule has 2 aliphatic heterocycles. The maximum absolute atomic E-state index is 13.4. The van der Waals surface area contributed by atoms with Gasteiger partial charge in [-0.3, -0.25) is 9.80 Å². The van der Waals surface area contributed by atoms with Crippen molar-refractivity contribution in [1.82, 2.24) is 10.6 Å². The molecule has 2 aromatic rings. The Kier molecular flexibility index (Phi) is 8.39. The summed E-state index contributed by atoms with van der Waals surface area (Å²) in [4.78, 5) is 13.4. The summed E-state index contributed by atoms with van der Waals surface area (Å²) < 4.78 is 11.7. The third-order valence-electron chi connectivity index (χ3n) is 6.03. The molecule has 1 aromatic carbocycles. The predicted octanol–water partition coefficient (Wildman–Crippen LogP) is 4.33. The van der Waals surface area contributed by atoms with Crippen LogP contribution in [0.2, 0.25) is 0 Å². The van der Waals surface area contributed by atoms with Gasteiger partial charge in [0, 0.05) is 54.9 Å². The molecule has 10 heteroatoms. The molecule has 0 saturated carbocycles. The standard InChI is InChI=1S/C27H32N6O3S/c1-17(2)11-18-12-20-21-14-33(19-8-10-37-16-19)32-26(22(21)15-36-24(20)13-23(18)35-5)27(34)30-9-6-7-25(28-3)31-29-4/h8,10-13,16H,4,6-7,9,14-15H2,1-3,5H3,(H,28,31)(H,30,34). The molecular weight excluding hydrogens is 488 g/mol. The summed E-state index contributed by atoms with van der Waals surface area (Å²) in [5.41, 5.74) is 6.21. The van der Waals surface area contributed by atoms with Gasteiger partial charge < -0.3 is 20.1 Å². The van der Waals surface area contributed by atoms with Gasteiger partial charge in [0.25, 0.3) is 5.91 Å². The fourth-order valence-electron chi connectivity index (χ4n) is 4.28. The van der Waals surface area contributed by atoms with Crippen LogP contribution in [-0.2, 0) is 4.79 Å². The molecule has 0 spiro atoms. The number of rotatable bonds is 9. The van der Waals surface area contributed by atoms with Crippen LogP contribution in [0, 0.1) is 0 Å². The van der Waals surface area contributed by atoms with Crippen molar-refractivity contribution in [3.05, 3.63) is 51.2 Å². The monoisotopic (exact) mass is 520 g/mol. The highest BCUT2D eigenvalue weighted by Gasteiger charge is 2.33. The first-order valence-corrected chi connectivity index (χ1v) is 13.0. The Morgan fingerprint density at radius 1 is 1.35 bits per heavy atom. The van der Waals surface area contributed by atoms with Crippen LogP contribution in [0.15, 0.2) is 55.4 Å². The SMILES string of the molecule is C=N/N=C(/CCCNC(=O)C1=NN(c2ccsc2)CC2=C1COc1cc(OC)c(C=C(C)C)cc12)NC. The lowest BCUT2D eigenvalue weighted by Crippen LogP contribution is -2.41. The zero-order chi connectivity index (χ0) is 26.4. The number of hydrazone groups is 1. The fraction of sp³-hybridized carbons (Fsp3) is 0.333. The molecule has 0 bridgehead atoms. The van der Waals surface area contributed by atoms with Crippen molar-refractivity contribution in [3.63, 3.8) is 0 Å². The molecule has 2 aliphatic rings. The summed E-state index contributed by atoms with van der Waals surface area (Å²) in [7, 11) is 3.44. The summed E-state index contributed by atoms with van der Waals surface area (Å²) in [5, 5.41) is 24.2. The summed E-state index contributed by atoms with van der Waals surface area (Å²) in [6, 6.07) is 6.01. The molecule has 0 aliphatic carbocycles. The van der Waals surface area contributed by atoms with E-state index in [9.17, 15) is 4.79 Å². The second-order valence-electron chi connectivity index (χ2n) is 8.84. The van der Waals surface area contributed by atoms with E-state index in [1.165, 1.54) is 0 Å². The quantitative estimate of drug-likeness (QED) is 0.222. The van der Waals surface area contributed by atoms with Crippen molar-refractivity contribution in [3.8, 4) is 11.5 Å². The number of hydrogen-bond acceptors (Lipinski definition) is 8. The van der Waals surface area contributed by atoms with Crippen LogP contribution in [0.4, 0.5) is 5.69 Å². The van der Waals surface area contributed by atoms with Crippen molar-refractivity contribution in [2.75, 3.05) is 38.9 Å². The van der Waals surface area contributed by atoms with E-state index in [0.717, 1.165) is 45.0 Å². The van der Waals surface area contributed by atoms with E-state index in [1.807, 2.05) is 41.7 Å². The van der Waals surface area contributed by atoms with Crippen LogP contribution in [0.1, 0.15) is 37.8 Å². The van der Waals surface area contributed by atoms with E-state index in [2.05, 4.69) is 39.7 Å². The number of nitrogens with zero attached hydrogens (tertiary/aromatic N) is 4. The largest absolute Gasteiger partial charge is 0.496 e. The first-order valence-electron chi connectivity index (χ1n) is 12.0. The minimum atomic E-state index is -0.234. The first kappa shape index (κ1) is 26.2. The van der Waals surface area contributed by atoms with Gasteiger partial charge in [0.05, 0.1) is 19.3 Å². The highest BCUT2D eigenvalue weighted by atomic mass is 32.1. The molecule has 2 N–H and O–H groups in total.